The van der Waals surface area contributed by atoms with E-state index < -0.39 is 0 Å². The van der Waals surface area contributed by atoms with Gasteiger partial charge in [0.15, 0.2) is 0 Å². The monoisotopic (exact) mass is 369 g/mol. The van der Waals surface area contributed by atoms with E-state index in [0.717, 1.165) is 39.3 Å². The maximum absolute atomic E-state index is 12.7. The molecule has 0 spiro atoms. The molecule has 20 heavy (non-hydrogen) atoms. The highest BCUT2D eigenvalue weighted by atomic mass is 79.9. The fraction of sp³-hybridized carbons (Fsp3) is 0.267. The standard InChI is InChI=1S/C15H13BrClNOS/c16-12-7-9-20-14(12)15(19)18-8-1-2-13(18)10-3-5-11(17)6-4-10/h3-7,9,13H,1-2,8H2. The Hall–Kier alpha value is -0.840. The molecule has 1 aliphatic heterocycles. The fourth-order valence-electron chi connectivity index (χ4n) is 2.62. The molecule has 1 saturated heterocycles. The molecule has 3 rings (SSSR count). The van der Waals surface area contributed by atoms with Gasteiger partial charge in [-0.15, -0.1) is 11.3 Å². The number of hydrogen-bond acceptors (Lipinski definition) is 2. The number of rotatable bonds is 2. The van der Waals surface area contributed by atoms with Gasteiger partial charge in [-0.25, -0.2) is 0 Å². The van der Waals surface area contributed by atoms with Gasteiger partial charge in [0, 0.05) is 16.0 Å². The van der Waals surface area contributed by atoms with E-state index in [4.69, 9.17) is 11.6 Å². The van der Waals surface area contributed by atoms with Crippen LogP contribution in [0.3, 0.4) is 0 Å². The zero-order valence-corrected chi connectivity index (χ0v) is 13.8. The average molecular weight is 371 g/mol. The number of amides is 1. The maximum Gasteiger partial charge on any atom is 0.265 e. The average Bonchev–Trinajstić information content (AvgIpc) is 3.07. The van der Waals surface area contributed by atoms with Gasteiger partial charge in [-0.2, -0.15) is 0 Å². The summed E-state index contributed by atoms with van der Waals surface area (Å²) in [6.07, 6.45) is 2.05. The van der Waals surface area contributed by atoms with Gasteiger partial charge in [-0.1, -0.05) is 23.7 Å². The predicted molar refractivity (Wildman–Crippen MR) is 86.5 cm³/mol. The molecule has 0 radical (unpaired) electrons. The molecule has 2 nitrogen and oxygen atoms in total. The van der Waals surface area contributed by atoms with Crippen molar-refractivity contribution < 1.29 is 4.79 Å². The zero-order chi connectivity index (χ0) is 14.1. The van der Waals surface area contributed by atoms with Gasteiger partial charge >= 0.3 is 0 Å². The zero-order valence-electron chi connectivity index (χ0n) is 10.7. The molecule has 1 aromatic heterocycles. The Kier molecular flexibility index (Phi) is 4.15. The molecule has 0 saturated carbocycles. The highest BCUT2D eigenvalue weighted by Crippen LogP contribution is 2.35. The molecule has 1 fully saturated rings. The lowest BCUT2D eigenvalue weighted by Crippen LogP contribution is -2.30. The van der Waals surface area contributed by atoms with Gasteiger partial charge in [-0.3, -0.25) is 4.79 Å². The van der Waals surface area contributed by atoms with E-state index in [1.165, 1.54) is 11.3 Å². The van der Waals surface area contributed by atoms with E-state index in [1.807, 2.05) is 40.6 Å². The topological polar surface area (TPSA) is 20.3 Å². The Balaban J connectivity index is 1.87. The summed E-state index contributed by atoms with van der Waals surface area (Å²) in [5.41, 5.74) is 1.16. The third-order valence-electron chi connectivity index (χ3n) is 3.58. The molecule has 1 atom stereocenters. The lowest BCUT2D eigenvalue weighted by Gasteiger charge is -2.25. The lowest BCUT2D eigenvalue weighted by molar-refractivity contribution is 0.0740. The van der Waals surface area contributed by atoms with Gasteiger partial charge < -0.3 is 4.90 Å². The van der Waals surface area contributed by atoms with Crippen molar-refractivity contribution >= 4 is 44.8 Å². The Morgan fingerprint density at radius 2 is 2.05 bits per heavy atom. The summed E-state index contributed by atoms with van der Waals surface area (Å²) < 4.78 is 0.884. The van der Waals surface area contributed by atoms with Crippen LogP contribution >= 0.6 is 38.9 Å². The van der Waals surface area contributed by atoms with Crippen molar-refractivity contribution in [1.29, 1.82) is 0 Å². The highest BCUT2D eigenvalue weighted by Gasteiger charge is 2.31. The predicted octanol–water partition coefficient (Wildman–Crippen LogP) is 5.14. The minimum absolute atomic E-state index is 0.115. The van der Waals surface area contributed by atoms with Crippen molar-refractivity contribution in [3.63, 3.8) is 0 Å². The van der Waals surface area contributed by atoms with E-state index >= 15 is 0 Å². The van der Waals surface area contributed by atoms with Crippen molar-refractivity contribution in [2.75, 3.05) is 6.54 Å². The Morgan fingerprint density at radius 3 is 2.70 bits per heavy atom. The van der Waals surface area contributed by atoms with Gasteiger partial charge in [0.2, 0.25) is 0 Å². The second-order valence-corrected chi connectivity index (χ2v) is 7.01. The first-order chi connectivity index (χ1) is 9.66. The number of carbonyl (C=O) groups excluding carboxylic acids is 1. The van der Waals surface area contributed by atoms with Crippen molar-refractivity contribution in [2.45, 2.75) is 18.9 Å². The van der Waals surface area contributed by atoms with Crippen LogP contribution in [-0.2, 0) is 0 Å². The highest BCUT2D eigenvalue weighted by molar-refractivity contribution is 9.10. The fourth-order valence-corrected chi connectivity index (χ4v) is 4.24. The number of benzene rings is 1. The van der Waals surface area contributed by atoms with E-state index in [-0.39, 0.29) is 11.9 Å². The van der Waals surface area contributed by atoms with Gasteiger partial charge in [0.05, 0.1) is 6.04 Å². The summed E-state index contributed by atoms with van der Waals surface area (Å²) >= 11 is 10.9. The maximum atomic E-state index is 12.7. The molecule has 5 heteroatoms. The van der Waals surface area contributed by atoms with E-state index in [9.17, 15) is 4.79 Å². The SMILES string of the molecule is O=C(c1sccc1Br)N1CCCC1c1ccc(Cl)cc1. The molecule has 0 bridgehead atoms. The van der Waals surface area contributed by atoms with Crippen molar-refractivity contribution in [3.8, 4) is 0 Å². The molecular formula is C15H13BrClNOS. The lowest BCUT2D eigenvalue weighted by atomic mass is 10.0. The first kappa shape index (κ1) is 14.1. The molecule has 0 aliphatic carbocycles. The molecule has 1 amide bonds. The molecule has 2 aromatic rings. The molecular weight excluding hydrogens is 358 g/mol. The molecule has 2 heterocycles. The van der Waals surface area contributed by atoms with Crippen LogP contribution in [0.1, 0.15) is 34.1 Å². The molecule has 0 N–H and O–H groups in total. The summed E-state index contributed by atoms with van der Waals surface area (Å²) in [6.45, 7) is 0.816. The van der Waals surface area contributed by atoms with Crippen LogP contribution in [0, 0.1) is 0 Å². The third kappa shape index (κ3) is 2.65. The third-order valence-corrected chi connectivity index (χ3v) is 5.66. The summed E-state index contributed by atoms with van der Waals surface area (Å²) in [4.78, 5) is 15.4. The van der Waals surface area contributed by atoms with E-state index in [2.05, 4.69) is 15.9 Å². The molecule has 1 aliphatic rings. The van der Waals surface area contributed by atoms with Crippen LogP contribution in [0.25, 0.3) is 0 Å². The Labute approximate surface area is 135 Å². The number of likely N-dealkylation sites (tertiary alicyclic amines) is 1. The normalized spacial score (nSPS) is 18.5. The summed E-state index contributed by atoms with van der Waals surface area (Å²) in [5, 5.41) is 2.66. The summed E-state index contributed by atoms with van der Waals surface area (Å²) in [7, 11) is 0. The van der Waals surface area contributed by atoms with Crippen LogP contribution in [0.2, 0.25) is 5.02 Å². The molecule has 1 aromatic carbocycles. The minimum Gasteiger partial charge on any atom is -0.331 e. The largest absolute Gasteiger partial charge is 0.331 e. The Morgan fingerprint density at radius 1 is 1.30 bits per heavy atom. The van der Waals surface area contributed by atoms with Crippen molar-refractivity contribution in [1.82, 2.24) is 4.90 Å². The van der Waals surface area contributed by atoms with Crippen LogP contribution < -0.4 is 0 Å². The van der Waals surface area contributed by atoms with Crippen LogP contribution in [0.4, 0.5) is 0 Å². The van der Waals surface area contributed by atoms with Crippen molar-refractivity contribution in [2.24, 2.45) is 0 Å². The van der Waals surface area contributed by atoms with Gasteiger partial charge in [-0.05, 0) is 57.9 Å². The second-order valence-electron chi connectivity index (χ2n) is 4.81. The van der Waals surface area contributed by atoms with Gasteiger partial charge in [0.1, 0.15) is 4.88 Å². The summed E-state index contributed by atoms with van der Waals surface area (Å²) in [6, 6.07) is 9.89. The second kappa shape index (κ2) is 5.88. The van der Waals surface area contributed by atoms with Gasteiger partial charge in [0.25, 0.3) is 5.91 Å². The van der Waals surface area contributed by atoms with Crippen molar-refractivity contribution in [3.05, 3.63) is 55.6 Å². The molecule has 1 unspecified atom stereocenters. The quantitative estimate of drug-likeness (QED) is 0.716. The number of thiophene rings is 1. The minimum atomic E-state index is 0.115. The number of nitrogens with zero attached hydrogens (tertiary/aromatic N) is 1. The van der Waals surface area contributed by atoms with E-state index in [1.54, 1.807) is 0 Å². The van der Waals surface area contributed by atoms with Crippen LogP contribution in [0.15, 0.2) is 40.2 Å². The molecule has 104 valence electrons. The number of hydrogen-bond donors (Lipinski definition) is 0. The number of halogens is 2. The first-order valence-electron chi connectivity index (χ1n) is 6.46. The number of carbonyl (C=O) groups is 1. The van der Waals surface area contributed by atoms with Crippen LogP contribution in [-0.4, -0.2) is 17.4 Å². The smallest absolute Gasteiger partial charge is 0.265 e. The summed E-state index contributed by atoms with van der Waals surface area (Å²) in [5.74, 6) is 0.115. The first-order valence-corrected chi connectivity index (χ1v) is 8.51. The van der Waals surface area contributed by atoms with Crippen LogP contribution in [0.5, 0.6) is 0 Å². The Bertz CT molecular complexity index is 625. The van der Waals surface area contributed by atoms with E-state index in [0.29, 0.717) is 0 Å².